The van der Waals surface area contributed by atoms with Crippen LogP contribution < -0.4 is 15.6 Å². The molecule has 2 rings (SSSR count). The summed E-state index contributed by atoms with van der Waals surface area (Å²) in [5.41, 5.74) is 4.98. The summed E-state index contributed by atoms with van der Waals surface area (Å²) in [5, 5.41) is 3.70. The Morgan fingerprint density at radius 2 is 1.95 bits per heavy atom. The molecule has 116 valence electrons. The van der Waals surface area contributed by atoms with Crippen LogP contribution >= 0.6 is 11.5 Å². The smallest absolute Gasteiger partial charge is 0.283 e. The number of ether oxygens (including phenoxy) is 1. The van der Waals surface area contributed by atoms with E-state index >= 15 is 0 Å². The molecule has 1 heterocycles. The van der Waals surface area contributed by atoms with E-state index < -0.39 is 23.7 Å². The Bertz CT molecular complexity index is 674. The first-order chi connectivity index (χ1) is 10.5. The number of aromatic nitrogens is 2. The second-order valence-electron chi connectivity index (χ2n) is 4.34. The maximum absolute atomic E-state index is 12.8. The molecule has 0 fully saturated rings. The average molecular weight is 324 g/mol. The van der Waals surface area contributed by atoms with Crippen molar-refractivity contribution in [3.63, 3.8) is 0 Å². The highest BCUT2D eigenvalue weighted by Crippen LogP contribution is 2.13. The van der Waals surface area contributed by atoms with Crippen molar-refractivity contribution in [2.24, 2.45) is 0 Å². The highest BCUT2D eigenvalue weighted by Gasteiger charge is 2.18. The first-order valence-electron chi connectivity index (χ1n) is 6.28. The van der Waals surface area contributed by atoms with Crippen molar-refractivity contribution in [2.45, 2.75) is 20.0 Å². The predicted molar refractivity (Wildman–Crippen MR) is 76.7 cm³/mol. The Morgan fingerprint density at radius 1 is 1.27 bits per heavy atom. The van der Waals surface area contributed by atoms with Crippen molar-refractivity contribution in [2.75, 3.05) is 0 Å². The maximum Gasteiger partial charge on any atom is 0.283 e. The van der Waals surface area contributed by atoms with E-state index in [1.807, 2.05) is 0 Å². The van der Waals surface area contributed by atoms with Crippen LogP contribution in [-0.4, -0.2) is 27.5 Å². The lowest BCUT2D eigenvalue weighted by Crippen LogP contribution is -2.47. The van der Waals surface area contributed by atoms with Gasteiger partial charge in [-0.2, -0.15) is 0 Å². The molecule has 0 aliphatic rings. The van der Waals surface area contributed by atoms with Crippen LogP contribution in [0.1, 0.15) is 22.3 Å². The van der Waals surface area contributed by atoms with Gasteiger partial charge < -0.3 is 4.74 Å². The van der Waals surface area contributed by atoms with E-state index in [4.69, 9.17) is 4.74 Å². The number of amides is 2. The minimum absolute atomic E-state index is 0.312. The third kappa shape index (κ3) is 3.98. The summed E-state index contributed by atoms with van der Waals surface area (Å²) in [4.78, 5) is 23.9. The van der Waals surface area contributed by atoms with Crippen LogP contribution in [0, 0.1) is 12.7 Å². The number of nitrogens with one attached hydrogen (secondary N) is 2. The number of hydrogen-bond acceptors (Lipinski definition) is 6. The molecular formula is C13H13FN4O3S. The molecule has 1 aromatic carbocycles. The molecule has 22 heavy (non-hydrogen) atoms. The summed E-state index contributed by atoms with van der Waals surface area (Å²) in [7, 11) is 0. The van der Waals surface area contributed by atoms with E-state index in [0.717, 1.165) is 11.5 Å². The Labute approximate surface area is 129 Å². The number of nitrogens with zero attached hydrogens (tertiary/aromatic N) is 2. The fourth-order valence-electron chi connectivity index (χ4n) is 1.49. The van der Waals surface area contributed by atoms with Gasteiger partial charge in [0.2, 0.25) is 0 Å². The van der Waals surface area contributed by atoms with Crippen molar-refractivity contribution in [1.82, 2.24) is 20.4 Å². The zero-order chi connectivity index (χ0) is 16.1. The lowest BCUT2D eigenvalue weighted by atomic mass is 10.3. The summed E-state index contributed by atoms with van der Waals surface area (Å²) in [6.45, 7) is 3.14. The van der Waals surface area contributed by atoms with E-state index in [2.05, 4.69) is 20.4 Å². The number of hydrazine groups is 1. The van der Waals surface area contributed by atoms with E-state index in [-0.39, 0.29) is 0 Å². The van der Waals surface area contributed by atoms with Gasteiger partial charge in [0.15, 0.2) is 6.10 Å². The Hall–Kier alpha value is -2.55. The molecule has 2 N–H and O–H groups in total. The van der Waals surface area contributed by atoms with Crippen molar-refractivity contribution in [3.05, 3.63) is 40.7 Å². The first kappa shape index (κ1) is 15.8. The van der Waals surface area contributed by atoms with Gasteiger partial charge >= 0.3 is 0 Å². The molecule has 0 saturated carbocycles. The number of carbonyl (C=O) groups is 2. The summed E-state index contributed by atoms with van der Waals surface area (Å²) in [6.07, 6.45) is -0.869. The van der Waals surface area contributed by atoms with Gasteiger partial charge in [-0.15, -0.1) is 5.10 Å². The molecule has 0 aliphatic heterocycles. The van der Waals surface area contributed by atoms with Crippen molar-refractivity contribution >= 4 is 23.3 Å². The number of rotatable bonds is 4. The van der Waals surface area contributed by atoms with Gasteiger partial charge in [-0.25, -0.2) is 4.39 Å². The lowest BCUT2D eigenvalue weighted by molar-refractivity contribution is -0.128. The van der Waals surface area contributed by atoms with Crippen molar-refractivity contribution < 1.29 is 18.7 Å². The van der Waals surface area contributed by atoms with Crippen molar-refractivity contribution in [1.29, 1.82) is 0 Å². The fraction of sp³-hybridized carbons (Fsp3) is 0.231. The molecule has 0 spiro atoms. The summed E-state index contributed by atoms with van der Waals surface area (Å²) < 4.78 is 21.7. The van der Waals surface area contributed by atoms with Crippen molar-refractivity contribution in [3.8, 4) is 5.75 Å². The van der Waals surface area contributed by atoms with Gasteiger partial charge in [0, 0.05) is 0 Å². The molecule has 1 atom stereocenters. The molecule has 2 amide bonds. The molecule has 7 nitrogen and oxygen atoms in total. The second-order valence-corrected chi connectivity index (χ2v) is 5.10. The summed E-state index contributed by atoms with van der Waals surface area (Å²) >= 11 is 0.930. The van der Waals surface area contributed by atoms with Crippen LogP contribution in [0.5, 0.6) is 5.75 Å². The molecule has 0 saturated heterocycles. The standard InChI is InChI=1S/C13H13FN4O3S/c1-7-11(22-18-15-7)13(20)17-16-12(19)8(2)21-10-5-3-9(14)4-6-10/h3-6,8H,1-2H3,(H,16,19)(H,17,20)/t8-/m0/s1. The number of benzene rings is 1. The minimum Gasteiger partial charge on any atom is -0.481 e. The van der Waals surface area contributed by atoms with E-state index in [1.165, 1.54) is 31.2 Å². The van der Waals surface area contributed by atoms with Gasteiger partial charge in [-0.3, -0.25) is 20.4 Å². The van der Waals surface area contributed by atoms with Crippen LogP contribution in [0.4, 0.5) is 4.39 Å². The molecule has 0 unspecified atom stereocenters. The summed E-state index contributed by atoms with van der Waals surface area (Å²) in [5.74, 6) is -1.11. The SMILES string of the molecule is Cc1nnsc1C(=O)NNC(=O)[C@H](C)Oc1ccc(F)cc1. The Morgan fingerprint density at radius 3 is 2.55 bits per heavy atom. The van der Waals surface area contributed by atoms with E-state index in [1.54, 1.807) is 6.92 Å². The Kier molecular flexibility index (Phi) is 4.99. The highest BCUT2D eigenvalue weighted by molar-refractivity contribution is 7.07. The zero-order valence-corrected chi connectivity index (χ0v) is 12.6. The van der Waals surface area contributed by atoms with Gasteiger partial charge in [0.25, 0.3) is 11.8 Å². The topological polar surface area (TPSA) is 93.2 Å². The predicted octanol–water partition coefficient (Wildman–Crippen LogP) is 1.21. The van der Waals surface area contributed by atoms with Gasteiger partial charge in [-0.05, 0) is 49.6 Å². The van der Waals surface area contributed by atoms with Crippen LogP contribution in [-0.2, 0) is 4.79 Å². The average Bonchev–Trinajstić information content (AvgIpc) is 2.93. The van der Waals surface area contributed by atoms with Crippen LogP contribution in [0.2, 0.25) is 0 Å². The fourth-order valence-corrected chi connectivity index (χ4v) is 2.04. The van der Waals surface area contributed by atoms with E-state index in [9.17, 15) is 14.0 Å². The number of halogens is 1. The molecule has 0 aliphatic carbocycles. The van der Waals surface area contributed by atoms with Crippen LogP contribution in [0.3, 0.4) is 0 Å². The van der Waals surface area contributed by atoms with Crippen LogP contribution in [0.15, 0.2) is 24.3 Å². The quantitative estimate of drug-likeness (QED) is 0.825. The molecule has 1 aromatic heterocycles. The van der Waals surface area contributed by atoms with Crippen LogP contribution in [0.25, 0.3) is 0 Å². The molecule has 9 heteroatoms. The maximum atomic E-state index is 12.8. The third-order valence-corrected chi connectivity index (χ3v) is 3.48. The molecule has 0 radical (unpaired) electrons. The molecule has 0 bridgehead atoms. The minimum atomic E-state index is -0.869. The highest BCUT2D eigenvalue weighted by atomic mass is 32.1. The lowest BCUT2D eigenvalue weighted by Gasteiger charge is -2.14. The summed E-state index contributed by atoms with van der Waals surface area (Å²) in [6, 6.07) is 5.26. The zero-order valence-electron chi connectivity index (χ0n) is 11.8. The number of aryl methyl sites for hydroxylation is 1. The number of hydrogen-bond donors (Lipinski definition) is 2. The third-order valence-electron chi connectivity index (χ3n) is 2.65. The van der Waals surface area contributed by atoms with Gasteiger partial charge in [-0.1, -0.05) is 4.49 Å². The largest absolute Gasteiger partial charge is 0.481 e. The van der Waals surface area contributed by atoms with E-state index in [0.29, 0.717) is 16.3 Å². The molecular weight excluding hydrogens is 311 g/mol. The first-order valence-corrected chi connectivity index (χ1v) is 7.06. The Balaban J connectivity index is 1.85. The second kappa shape index (κ2) is 6.94. The van der Waals surface area contributed by atoms with Gasteiger partial charge in [0.1, 0.15) is 16.4 Å². The monoisotopic (exact) mass is 324 g/mol. The molecule has 2 aromatic rings. The number of carbonyl (C=O) groups excluding carboxylic acids is 2. The normalized spacial score (nSPS) is 11.6. The van der Waals surface area contributed by atoms with Gasteiger partial charge in [0.05, 0.1) is 5.69 Å².